The second-order valence-corrected chi connectivity index (χ2v) is 12.9. The maximum Gasteiger partial charge on any atom is 0.431 e. The molecule has 1 aromatic rings. The molecule has 0 radical (unpaired) electrons. The van der Waals surface area contributed by atoms with Crippen LogP contribution in [0.3, 0.4) is 0 Å². The quantitative estimate of drug-likeness (QED) is 0.342. The molecular formula is C19H30F3NO4Si. The Morgan fingerprint density at radius 3 is 2.25 bits per heavy atom. The van der Waals surface area contributed by atoms with E-state index in [0.29, 0.717) is 24.0 Å². The zero-order chi connectivity index (χ0) is 21.8. The van der Waals surface area contributed by atoms with E-state index in [2.05, 4.69) is 33.9 Å². The Kier molecular flexibility index (Phi) is 8.07. The number of rotatable bonds is 8. The lowest BCUT2D eigenvalue weighted by atomic mass is 10.2. The summed E-state index contributed by atoms with van der Waals surface area (Å²) in [7, 11) is -1.93. The van der Waals surface area contributed by atoms with Gasteiger partial charge in [0.05, 0.1) is 6.61 Å². The summed E-state index contributed by atoms with van der Waals surface area (Å²) in [6.45, 7) is 12.4. The van der Waals surface area contributed by atoms with Crippen molar-refractivity contribution in [2.75, 3.05) is 13.2 Å². The van der Waals surface area contributed by atoms with Crippen LogP contribution in [-0.4, -0.2) is 32.1 Å². The molecule has 0 saturated carbocycles. The monoisotopic (exact) mass is 421 g/mol. The minimum atomic E-state index is -4.69. The number of halogens is 3. The van der Waals surface area contributed by atoms with Crippen molar-refractivity contribution in [2.45, 2.75) is 71.4 Å². The molecular weight excluding hydrogens is 391 g/mol. The van der Waals surface area contributed by atoms with Crippen LogP contribution in [-0.2, 0) is 21.9 Å². The summed E-state index contributed by atoms with van der Waals surface area (Å²) >= 11 is 0. The topological polar surface area (TPSA) is 57.5 Å². The first-order valence-electron chi connectivity index (χ1n) is 9.34. The van der Waals surface area contributed by atoms with Gasteiger partial charge in [-0.2, -0.15) is 13.2 Å². The van der Waals surface area contributed by atoms with Gasteiger partial charge in [0, 0.05) is 13.2 Å². The number of esters is 1. The molecule has 0 aliphatic carbocycles. The fourth-order valence-electron chi connectivity index (χ4n) is 2.33. The van der Waals surface area contributed by atoms with Crippen molar-refractivity contribution in [3.8, 4) is 0 Å². The van der Waals surface area contributed by atoms with Crippen LogP contribution in [0, 0.1) is 0 Å². The van der Waals surface area contributed by atoms with Crippen molar-refractivity contribution in [3.05, 3.63) is 33.7 Å². The maximum absolute atomic E-state index is 13.3. The van der Waals surface area contributed by atoms with Gasteiger partial charge >= 0.3 is 12.1 Å². The number of pyridine rings is 1. The Morgan fingerprint density at radius 1 is 1.14 bits per heavy atom. The highest BCUT2D eigenvalue weighted by atomic mass is 28.4. The molecule has 0 aliphatic heterocycles. The van der Waals surface area contributed by atoms with E-state index in [1.54, 1.807) is 6.92 Å². The largest absolute Gasteiger partial charge is 0.462 e. The fourth-order valence-corrected chi connectivity index (χ4v) is 3.42. The molecule has 0 spiro atoms. The van der Waals surface area contributed by atoms with E-state index in [1.165, 1.54) is 0 Å². The van der Waals surface area contributed by atoms with E-state index in [4.69, 9.17) is 9.16 Å². The molecule has 0 fully saturated rings. The highest BCUT2D eigenvalue weighted by molar-refractivity contribution is 6.74. The minimum Gasteiger partial charge on any atom is -0.462 e. The SMILES string of the molecule is CCOC(=O)c1ccc(C(F)(F)F)n(CCCCO[Si](C)(C)C(C)(C)C)c1=O. The fraction of sp³-hybridized carbons (Fsp3) is 0.684. The van der Waals surface area contributed by atoms with Gasteiger partial charge in [-0.25, -0.2) is 4.79 Å². The lowest BCUT2D eigenvalue weighted by Crippen LogP contribution is -2.41. The highest BCUT2D eigenvalue weighted by Crippen LogP contribution is 2.36. The van der Waals surface area contributed by atoms with Crippen molar-refractivity contribution in [1.82, 2.24) is 4.57 Å². The first kappa shape index (κ1) is 24.4. The van der Waals surface area contributed by atoms with Gasteiger partial charge in [0.25, 0.3) is 5.56 Å². The van der Waals surface area contributed by atoms with Crippen LogP contribution in [0.15, 0.2) is 16.9 Å². The Hall–Kier alpha value is -1.61. The molecule has 1 rings (SSSR count). The van der Waals surface area contributed by atoms with Crippen LogP contribution >= 0.6 is 0 Å². The van der Waals surface area contributed by atoms with Gasteiger partial charge in [-0.3, -0.25) is 4.79 Å². The summed E-state index contributed by atoms with van der Waals surface area (Å²) in [6, 6.07) is 1.62. The second-order valence-electron chi connectivity index (χ2n) is 8.12. The first-order valence-corrected chi connectivity index (χ1v) is 12.3. The molecule has 0 amide bonds. The minimum absolute atomic E-state index is 0.0318. The number of aromatic nitrogens is 1. The summed E-state index contributed by atoms with van der Waals surface area (Å²) in [5.41, 5.74) is -2.46. The van der Waals surface area contributed by atoms with Crippen molar-refractivity contribution in [3.63, 3.8) is 0 Å². The van der Waals surface area contributed by atoms with Crippen LogP contribution in [0.1, 0.15) is 56.6 Å². The summed E-state index contributed by atoms with van der Waals surface area (Å²) in [6.07, 6.45) is -3.85. The normalized spacial score (nSPS) is 12.9. The molecule has 0 aromatic carbocycles. The zero-order valence-corrected chi connectivity index (χ0v) is 18.4. The highest BCUT2D eigenvalue weighted by Gasteiger charge is 2.37. The Balaban J connectivity index is 2.92. The van der Waals surface area contributed by atoms with Crippen LogP contribution < -0.4 is 5.56 Å². The van der Waals surface area contributed by atoms with E-state index >= 15 is 0 Å². The Morgan fingerprint density at radius 2 is 1.75 bits per heavy atom. The molecule has 160 valence electrons. The van der Waals surface area contributed by atoms with Crippen LogP contribution in [0.2, 0.25) is 18.1 Å². The standard InChI is InChI=1S/C19H30F3NO4Si/c1-7-26-17(25)14-10-11-15(19(20,21)22)23(16(14)24)12-8-9-13-27-28(5,6)18(2,3)4/h10-11H,7-9,12-13H2,1-6H3. The van der Waals surface area contributed by atoms with Crippen LogP contribution in [0.5, 0.6) is 0 Å². The summed E-state index contributed by atoms with van der Waals surface area (Å²) in [5, 5.41) is 0.0430. The van der Waals surface area contributed by atoms with Crippen LogP contribution in [0.25, 0.3) is 0 Å². The number of nitrogens with zero attached hydrogens (tertiary/aromatic N) is 1. The number of hydrogen-bond donors (Lipinski definition) is 0. The smallest absolute Gasteiger partial charge is 0.431 e. The summed E-state index contributed by atoms with van der Waals surface area (Å²) in [4.78, 5) is 24.3. The molecule has 0 N–H and O–H groups in total. The van der Waals surface area contributed by atoms with Gasteiger partial charge in [-0.1, -0.05) is 20.8 Å². The van der Waals surface area contributed by atoms with Crippen molar-refractivity contribution < 1.29 is 27.1 Å². The number of ether oxygens (including phenoxy) is 1. The summed E-state index contributed by atoms with van der Waals surface area (Å²) in [5.74, 6) is -0.920. The van der Waals surface area contributed by atoms with Gasteiger partial charge < -0.3 is 13.7 Å². The lowest BCUT2D eigenvalue weighted by Gasteiger charge is -2.36. The average Bonchev–Trinajstić information content (AvgIpc) is 2.53. The molecule has 9 heteroatoms. The molecule has 0 saturated heterocycles. The number of alkyl halides is 3. The number of hydrogen-bond acceptors (Lipinski definition) is 4. The van der Waals surface area contributed by atoms with Gasteiger partial charge in [-0.05, 0) is 50.0 Å². The van der Waals surface area contributed by atoms with Crippen molar-refractivity contribution in [1.29, 1.82) is 0 Å². The molecule has 0 aliphatic rings. The Labute approximate surface area is 165 Å². The van der Waals surface area contributed by atoms with E-state index < -0.39 is 37.3 Å². The van der Waals surface area contributed by atoms with Crippen LogP contribution in [0.4, 0.5) is 13.2 Å². The molecule has 0 atom stereocenters. The number of carbonyl (C=O) groups is 1. The van der Waals surface area contributed by atoms with Gasteiger partial charge in [0.15, 0.2) is 8.32 Å². The third kappa shape index (κ3) is 6.20. The molecule has 1 aromatic heterocycles. The lowest BCUT2D eigenvalue weighted by molar-refractivity contribution is -0.144. The zero-order valence-electron chi connectivity index (χ0n) is 17.4. The molecule has 1 heterocycles. The van der Waals surface area contributed by atoms with Gasteiger partial charge in [0.1, 0.15) is 11.3 Å². The average molecular weight is 422 g/mol. The van der Waals surface area contributed by atoms with E-state index in [0.717, 1.165) is 12.1 Å². The van der Waals surface area contributed by atoms with Gasteiger partial charge in [-0.15, -0.1) is 0 Å². The van der Waals surface area contributed by atoms with E-state index in [9.17, 15) is 22.8 Å². The predicted octanol–water partition coefficient (Wildman–Crippen LogP) is 4.85. The molecule has 28 heavy (non-hydrogen) atoms. The third-order valence-corrected chi connectivity index (χ3v) is 9.54. The van der Waals surface area contributed by atoms with Crippen molar-refractivity contribution >= 4 is 14.3 Å². The second kappa shape index (κ2) is 9.26. The molecule has 0 bridgehead atoms. The maximum atomic E-state index is 13.3. The number of carbonyl (C=O) groups excluding carboxylic acids is 1. The first-order chi connectivity index (χ1) is 12.7. The molecule has 0 unspecified atom stereocenters. The van der Waals surface area contributed by atoms with Crippen molar-refractivity contribution in [2.24, 2.45) is 0 Å². The number of unbranched alkanes of at least 4 members (excludes halogenated alkanes) is 1. The van der Waals surface area contributed by atoms with Gasteiger partial charge in [0.2, 0.25) is 0 Å². The Bertz CT molecular complexity index is 736. The summed E-state index contributed by atoms with van der Waals surface area (Å²) < 4.78 is 51.2. The van der Waals surface area contributed by atoms with E-state index in [1.807, 2.05) is 0 Å². The van der Waals surface area contributed by atoms with E-state index in [-0.39, 0.29) is 18.2 Å². The predicted molar refractivity (Wildman–Crippen MR) is 104 cm³/mol. The third-order valence-electron chi connectivity index (χ3n) is 5.01. The molecule has 5 nitrogen and oxygen atoms in total.